The molecule has 0 aromatic carbocycles. The summed E-state index contributed by atoms with van der Waals surface area (Å²) in [5, 5.41) is 0. The molecule has 4 nitrogen and oxygen atoms in total. The first-order valence-electron chi connectivity index (χ1n) is 4.10. The summed E-state index contributed by atoms with van der Waals surface area (Å²) in [6.07, 6.45) is -10.9. The number of rotatable bonds is 2. The number of pyridine rings is 1. The van der Waals surface area contributed by atoms with Crippen LogP contribution in [0.25, 0.3) is 0 Å². The van der Waals surface area contributed by atoms with Gasteiger partial charge in [0.15, 0.2) is 6.29 Å². The van der Waals surface area contributed by atoms with E-state index >= 15 is 0 Å². The number of hydrogen-bond acceptors (Lipinski definition) is 3. The highest BCUT2D eigenvalue weighted by Crippen LogP contribution is 2.34. The Morgan fingerprint density at radius 1 is 1.17 bits per heavy atom. The molecule has 1 N–H and O–H groups in total. The highest BCUT2D eigenvalue weighted by molar-refractivity contribution is 5.81. The van der Waals surface area contributed by atoms with E-state index in [0.717, 1.165) is 0 Å². The van der Waals surface area contributed by atoms with Crippen molar-refractivity contribution < 1.29 is 35.9 Å². The second kappa shape index (κ2) is 4.35. The topological polar surface area (TPSA) is 59.2 Å². The van der Waals surface area contributed by atoms with Gasteiger partial charge in [0.05, 0.1) is 11.1 Å². The van der Waals surface area contributed by atoms with Crippen molar-refractivity contribution in [2.75, 3.05) is 0 Å². The average molecular weight is 275 g/mol. The standard InChI is InChI=1S/C8H3F6NO3/c9-7(10,11)4-1-15-6(17)5(3(4)2-16)18-8(12,13)14/h1-2H,(H,15,17). The lowest BCUT2D eigenvalue weighted by atomic mass is 10.1. The number of H-pyrrole nitrogens is 1. The molecule has 0 atom stereocenters. The summed E-state index contributed by atoms with van der Waals surface area (Å²) in [6.45, 7) is 0. The molecule has 0 radical (unpaired) electrons. The molecule has 1 rings (SSSR count). The van der Waals surface area contributed by atoms with Crippen LogP contribution in [-0.4, -0.2) is 17.6 Å². The fourth-order valence-corrected chi connectivity index (χ4v) is 1.09. The molecule has 0 amide bonds. The van der Waals surface area contributed by atoms with Gasteiger partial charge in [-0.25, -0.2) is 0 Å². The van der Waals surface area contributed by atoms with Gasteiger partial charge in [-0.1, -0.05) is 0 Å². The molecular weight excluding hydrogens is 272 g/mol. The maximum absolute atomic E-state index is 12.4. The summed E-state index contributed by atoms with van der Waals surface area (Å²) in [5.74, 6) is -1.74. The molecule has 0 spiro atoms. The van der Waals surface area contributed by atoms with Gasteiger partial charge in [0.1, 0.15) is 0 Å². The summed E-state index contributed by atoms with van der Waals surface area (Å²) in [5.41, 5.74) is -4.83. The Morgan fingerprint density at radius 3 is 2.11 bits per heavy atom. The molecular formula is C8H3F6NO3. The molecule has 18 heavy (non-hydrogen) atoms. The van der Waals surface area contributed by atoms with Crippen LogP contribution in [0.1, 0.15) is 15.9 Å². The van der Waals surface area contributed by atoms with Gasteiger partial charge in [0.25, 0.3) is 5.56 Å². The first-order valence-corrected chi connectivity index (χ1v) is 4.10. The van der Waals surface area contributed by atoms with Crippen molar-refractivity contribution in [2.45, 2.75) is 12.5 Å². The van der Waals surface area contributed by atoms with Crippen LogP contribution in [0.15, 0.2) is 11.0 Å². The Labute approximate surface area is 94.2 Å². The summed E-state index contributed by atoms with van der Waals surface area (Å²) in [4.78, 5) is 22.8. The Bertz CT molecular complexity index is 515. The number of hydrogen-bond donors (Lipinski definition) is 1. The zero-order valence-electron chi connectivity index (χ0n) is 8.15. The Morgan fingerprint density at radius 2 is 1.72 bits per heavy atom. The molecule has 100 valence electrons. The summed E-state index contributed by atoms with van der Waals surface area (Å²) in [7, 11) is 0. The van der Waals surface area contributed by atoms with Gasteiger partial charge in [0, 0.05) is 6.20 Å². The van der Waals surface area contributed by atoms with Crippen LogP contribution in [-0.2, 0) is 6.18 Å². The first kappa shape index (κ1) is 14.1. The number of halogens is 6. The third-order valence-corrected chi connectivity index (χ3v) is 1.73. The number of carbonyl (C=O) groups excluding carboxylic acids is 1. The van der Waals surface area contributed by atoms with Crippen molar-refractivity contribution in [2.24, 2.45) is 0 Å². The van der Waals surface area contributed by atoms with E-state index in [4.69, 9.17) is 0 Å². The van der Waals surface area contributed by atoms with Crippen molar-refractivity contribution in [1.29, 1.82) is 0 Å². The van der Waals surface area contributed by atoms with Gasteiger partial charge in [-0.3, -0.25) is 9.59 Å². The number of aromatic amines is 1. The molecule has 10 heteroatoms. The highest BCUT2D eigenvalue weighted by Gasteiger charge is 2.39. The third kappa shape index (κ3) is 3.02. The highest BCUT2D eigenvalue weighted by atomic mass is 19.4. The lowest BCUT2D eigenvalue weighted by Gasteiger charge is -2.13. The summed E-state index contributed by atoms with van der Waals surface area (Å²) in [6, 6.07) is 0. The zero-order chi connectivity index (χ0) is 14.1. The molecule has 0 unspecified atom stereocenters. The van der Waals surface area contributed by atoms with Crippen molar-refractivity contribution in [1.82, 2.24) is 4.98 Å². The van der Waals surface area contributed by atoms with E-state index in [-0.39, 0.29) is 6.20 Å². The molecule has 0 saturated carbocycles. The predicted octanol–water partition coefficient (Wildman–Crippen LogP) is 2.10. The Kier molecular flexibility index (Phi) is 3.40. The Balaban J connectivity index is 3.50. The maximum Gasteiger partial charge on any atom is 0.573 e. The molecule has 0 fully saturated rings. The van der Waals surface area contributed by atoms with Crippen molar-refractivity contribution in [3.63, 3.8) is 0 Å². The predicted molar refractivity (Wildman–Crippen MR) is 44.1 cm³/mol. The Hall–Kier alpha value is -2.00. The van der Waals surface area contributed by atoms with Gasteiger partial charge in [-0.15, -0.1) is 13.2 Å². The molecule has 1 aromatic heterocycles. The van der Waals surface area contributed by atoms with Crippen molar-refractivity contribution in [3.05, 3.63) is 27.7 Å². The van der Waals surface area contributed by atoms with Crippen LogP contribution in [0.2, 0.25) is 0 Å². The maximum atomic E-state index is 12.4. The SMILES string of the molecule is O=Cc1c(C(F)(F)F)c[nH]c(=O)c1OC(F)(F)F. The molecule has 0 saturated heterocycles. The molecule has 0 aliphatic carbocycles. The summed E-state index contributed by atoms with van der Waals surface area (Å²) < 4.78 is 75.9. The van der Waals surface area contributed by atoms with Crippen LogP contribution in [0.5, 0.6) is 5.75 Å². The minimum Gasteiger partial charge on any atom is -0.399 e. The number of aldehydes is 1. The fraction of sp³-hybridized carbons (Fsp3) is 0.250. The quantitative estimate of drug-likeness (QED) is 0.664. The van der Waals surface area contributed by atoms with Gasteiger partial charge in [-0.05, 0) is 0 Å². The fourth-order valence-electron chi connectivity index (χ4n) is 1.09. The van der Waals surface area contributed by atoms with Crippen LogP contribution in [0.3, 0.4) is 0 Å². The lowest BCUT2D eigenvalue weighted by Crippen LogP contribution is -2.26. The van der Waals surface area contributed by atoms with Crippen LogP contribution in [0.4, 0.5) is 26.3 Å². The van der Waals surface area contributed by atoms with Crippen molar-refractivity contribution >= 4 is 6.29 Å². The minimum absolute atomic E-state index is 0.0926. The number of ether oxygens (including phenoxy) is 1. The van der Waals surface area contributed by atoms with Gasteiger partial charge >= 0.3 is 12.5 Å². The third-order valence-electron chi connectivity index (χ3n) is 1.73. The van der Waals surface area contributed by atoms with Crippen LogP contribution >= 0.6 is 0 Å². The normalized spacial score (nSPS) is 12.3. The monoisotopic (exact) mass is 275 g/mol. The molecule has 1 heterocycles. The molecule has 0 bridgehead atoms. The van der Waals surface area contributed by atoms with Crippen LogP contribution in [0, 0.1) is 0 Å². The van der Waals surface area contributed by atoms with E-state index in [2.05, 4.69) is 4.74 Å². The second-order valence-electron chi connectivity index (χ2n) is 2.94. The zero-order valence-corrected chi connectivity index (χ0v) is 8.15. The first-order chi connectivity index (χ1) is 8.06. The largest absolute Gasteiger partial charge is 0.573 e. The molecule has 0 aliphatic heterocycles. The number of nitrogens with one attached hydrogen (secondary N) is 1. The van der Waals surface area contributed by atoms with Crippen LogP contribution < -0.4 is 10.3 Å². The minimum atomic E-state index is -5.39. The van der Waals surface area contributed by atoms with E-state index in [0.29, 0.717) is 0 Å². The average Bonchev–Trinajstić information content (AvgIpc) is 2.17. The van der Waals surface area contributed by atoms with Gasteiger partial charge < -0.3 is 9.72 Å². The van der Waals surface area contributed by atoms with E-state index in [1.807, 2.05) is 0 Å². The number of aromatic nitrogens is 1. The number of carbonyl (C=O) groups is 1. The van der Waals surface area contributed by atoms with Crippen molar-refractivity contribution in [3.8, 4) is 5.75 Å². The van der Waals surface area contributed by atoms with E-state index < -0.39 is 41.3 Å². The molecule has 0 aliphatic rings. The molecule has 1 aromatic rings. The van der Waals surface area contributed by atoms with E-state index in [9.17, 15) is 35.9 Å². The van der Waals surface area contributed by atoms with E-state index in [1.54, 1.807) is 0 Å². The lowest BCUT2D eigenvalue weighted by molar-refractivity contribution is -0.275. The van der Waals surface area contributed by atoms with Gasteiger partial charge in [0.2, 0.25) is 5.75 Å². The number of alkyl halides is 6. The van der Waals surface area contributed by atoms with E-state index in [1.165, 1.54) is 4.98 Å². The summed E-state index contributed by atoms with van der Waals surface area (Å²) >= 11 is 0. The van der Waals surface area contributed by atoms with Gasteiger partial charge in [-0.2, -0.15) is 13.2 Å². The smallest absolute Gasteiger partial charge is 0.399 e. The second-order valence-corrected chi connectivity index (χ2v) is 2.94.